The average molecular weight is 348 g/mol. The van der Waals surface area contributed by atoms with E-state index in [9.17, 15) is 4.39 Å². The van der Waals surface area contributed by atoms with Crippen molar-refractivity contribution in [1.29, 1.82) is 0 Å². The first-order chi connectivity index (χ1) is 12.7. The van der Waals surface area contributed by atoms with Crippen molar-refractivity contribution in [3.8, 4) is 0 Å². The number of aromatic nitrogens is 4. The highest BCUT2D eigenvalue weighted by Crippen LogP contribution is 2.55. The molecule has 0 spiro atoms. The van der Waals surface area contributed by atoms with Crippen molar-refractivity contribution in [2.24, 2.45) is 5.92 Å². The van der Waals surface area contributed by atoms with Gasteiger partial charge in [0, 0.05) is 29.5 Å². The van der Waals surface area contributed by atoms with Crippen LogP contribution in [0.3, 0.4) is 0 Å². The minimum absolute atomic E-state index is 0.0280. The van der Waals surface area contributed by atoms with Crippen molar-refractivity contribution in [2.75, 3.05) is 0 Å². The molecule has 3 heterocycles. The normalized spacial score (nSPS) is 28.1. The molecule has 2 aromatic rings. The molecule has 0 bridgehead atoms. The van der Waals surface area contributed by atoms with Crippen LogP contribution in [0.15, 0.2) is 55.3 Å². The monoisotopic (exact) mass is 348 g/mol. The number of alkyl halides is 1. The van der Waals surface area contributed by atoms with Crippen molar-refractivity contribution < 1.29 is 4.39 Å². The van der Waals surface area contributed by atoms with Crippen LogP contribution in [-0.4, -0.2) is 19.7 Å². The standard InChI is InChI=1S/C21H21FN4/c1-14(21(10-11-21)18-9-5-6-12-23-18)19-24-20-16(22)13-17(26(20)25-19)15-7-3-2-4-8-15/h2-7,9,12,15-17H,1,8,10-11,13H2. The molecule has 1 fully saturated rings. The number of rotatable bonds is 4. The van der Waals surface area contributed by atoms with Gasteiger partial charge in [-0.25, -0.2) is 14.1 Å². The SMILES string of the molecule is C=C(c1nc2n(n1)C(C1C=CC=CC1)CC2F)C1(c2ccccn2)CC1. The highest BCUT2D eigenvalue weighted by Gasteiger charge is 2.50. The fourth-order valence-electron chi connectivity index (χ4n) is 4.28. The molecule has 26 heavy (non-hydrogen) atoms. The van der Waals surface area contributed by atoms with E-state index < -0.39 is 6.17 Å². The molecule has 0 aromatic carbocycles. The van der Waals surface area contributed by atoms with Crippen molar-refractivity contribution in [3.63, 3.8) is 0 Å². The first-order valence-electron chi connectivity index (χ1n) is 9.24. The van der Waals surface area contributed by atoms with E-state index in [1.807, 2.05) is 35.0 Å². The Labute approximate surface area is 152 Å². The summed E-state index contributed by atoms with van der Waals surface area (Å²) in [5, 5.41) is 4.71. The van der Waals surface area contributed by atoms with E-state index in [1.54, 1.807) is 6.20 Å². The Balaban J connectivity index is 1.47. The van der Waals surface area contributed by atoms with E-state index in [1.165, 1.54) is 0 Å². The first kappa shape index (κ1) is 15.7. The maximum Gasteiger partial charge on any atom is 0.177 e. The third-order valence-electron chi connectivity index (χ3n) is 5.96. The van der Waals surface area contributed by atoms with Gasteiger partial charge in [0.05, 0.1) is 11.7 Å². The second-order valence-electron chi connectivity index (χ2n) is 7.50. The van der Waals surface area contributed by atoms with E-state index in [4.69, 9.17) is 5.10 Å². The third kappa shape index (κ3) is 2.30. The first-order valence-corrected chi connectivity index (χ1v) is 9.24. The quantitative estimate of drug-likeness (QED) is 0.817. The summed E-state index contributed by atoms with van der Waals surface area (Å²) >= 11 is 0. The van der Waals surface area contributed by atoms with Crippen LogP contribution in [0.1, 0.15) is 55.2 Å². The van der Waals surface area contributed by atoms with Gasteiger partial charge in [0.2, 0.25) is 0 Å². The predicted molar refractivity (Wildman–Crippen MR) is 98.1 cm³/mol. The summed E-state index contributed by atoms with van der Waals surface area (Å²) in [7, 11) is 0. The average Bonchev–Trinajstić information content (AvgIpc) is 3.29. The molecule has 0 N–H and O–H groups in total. The summed E-state index contributed by atoms with van der Waals surface area (Å²) in [4.78, 5) is 9.07. The molecule has 0 amide bonds. The van der Waals surface area contributed by atoms with Crippen LogP contribution in [0.2, 0.25) is 0 Å². The molecule has 4 nitrogen and oxygen atoms in total. The van der Waals surface area contributed by atoms with Gasteiger partial charge in [-0.3, -0.25) is 4.98 Å². The van der Waals surface area contributed by atoms with Gasteiger partial charge < -0.3 is 0 Å². The van der Waals surface area contributed by atoms with Crippen molar-refractivity contribution in [1.82, 2.24) is 19.7 Å². The topological polar surface area (TPSA) is 43.6 Å². The number of hydrogen-bond donors (Lipinski definition) is 0. The van der Waals surface area contributed by atoms with Gasteiger partial charge in [0.25, 0.3) is 0 Å². The molecule has 0 radical (unpaired) electrons. The molecule has 2 aliphatic carbocycles. The maximum atomic E-state index is 14.6. The molecule has 3 atom stereocenters. The van der Waals surface area contributed by atoms with Gasteiger partial charge in [-0.1, -0.05) is 36.9 Å². The lowest BCUT2D eigenvalue weighted by Crippen LogP contribution is -2.17. The zero-order valence-electron chi connectivity index (χ0n) is 14.6. The summed E-state index contributed by atoms with van der Waals surface area (Å²) in [6, 6.07) is 5.96. The van der Waals surface area contributed by atoms with E-state index >= 15 is 0 Å². The van der Waals surface area contributed by atoms with E-state index in [-0.39, 0.29) is 17.4 Å². The Morgan fingerprint density at radius 1 is 1.27 bits per heavy atom. The number of allylic oxidation sites excluding steroid dienone is 5. The number of fused-ring (bicyclic) bond motifs is 1. The van der Waals surface area contributed by atoms with Gasteiger partial charge in [0.1, 0.15) is 0 Å². The lowest BCUT2D eigenvalue weighted by atomic mass is 9.91. The Morgan fingerprint density at radius 3 is 2.85 bits per heavy atom. The van der Waals surface area contributed by atoms with Gasteiger partial charge in [-0.15, -0.1) is 0 Å². The molecule has 132 valence electrons. The summed E-state index contributed by atoms with van der Waals surface area (Å²) in [6.45, 7) is 4.28. The number of halogens is 1. The van der Waals surface area contributed by atoms with Crippen LogP contribution < -0.4 is 0 Å². The minimum Gasteiger partial charge on any atom is -0.260 e. The molecule has 3 aliphatic rings. The highest BCUT2D eigenvalue weighted by atomic mass is 19.1. The molecule has 3 unspecified atom stereocenters. The lowest BCUT2D eigenvalue weighted by Gasteiger charge is -2.21. The van der Waals surface area contributed by atoms with Crippen LogP contribution in [0.25, 0.3) is 5.57 Å². The summed E-state index contributed by atoms with van der Waals surface area (Å²) in [5.41, 5.74) is 1.69. The molecule has 2 aromatic heterocycles. The van der Waals surface area contributed by atoms with Gasteiger partial charge >= 0.3 is 0 Å². The zero-order chi connectivity index (χ0) is 17.7. The van der Waals surface area contributed by atoms with Crippen molar-refractivity contribution in [2.45, 2.75) is 43.3 Å². The largest absolute Gasteiger partial charge is 0.260 e. The second kappa shape index (κ2) is 5.73. The maximum absolute atomic E-state index is 14.6. The van der Waals surface area contributed by atoms with E-state index in [2.05, 4.69) is 28.7 Å². The predicted octanol–water partition coefficient (Wildman–Crippen LogP) is 4.51. The number of pyridine rings is 1. The smallest absolute Gasteiger partial charge is 0.177 e. The minimum atomic E-state index is -1.06. The van der Waals surface area contributed by atoms with Crippen LogP contribution in [0, 0.1) is 5.92 Å². The molecule has 5 heteroatoms. The van der Waals surface area contributed by atoms with Gasteiger partial charge in [-0.2, -0.15) is 5.10 Å². The lowest BCUT2D eigenvalue weighted by molar-refractivity contribution is 0.291. The zero-order valence-corrected chi connectivity index (χ0v) is 14.6. The van der Waals surface area contributed by atoms with E-state index in [0.29, 0.717) is 18.1 Å². The Hall–Kier alpha value is -2.56. The van der Waals surface area contributed by atoms with Crippen molar-refractivity contribution in [3.05, 3.63) is 72.6 Å². The molecule has 0 saturated heterocycles. The highest BCUT2D eigenvalue weighted by molar-refractivity contribution is 5.72. The molecule has 1 saturated carbocycles. The molecule has 5 rings (SSSR count). The molecular formula is C21H21FN4. The summed E-state index contributed by atoms with van der Waals surface area (Å²) in [5.74, 6) is 1.30. The van der Waals surface area contributed by atoms with Crippen LogP contribution >= 0.6 is 0 Å². The fraction of sp³-hybridized carbons (Fsp3) is 0.381. The van der Waals surface area contributed by atoms with Crippen LogP contribution in [0.4, 0.5) is 4.39 Å². The van der Waals surface area contributed by atoms with Crippen LogP contribution in [-0.2, 0) is 5.41 Å². The Kier molecular flexibility index (Phi) is 3.45. The van der Waals surface area contributed by atoms with Crippen LogP contribution in [0.5, 0.6) is 0 Å². The fourth-order valence-corrected chi connectivity index (χ4v) is 4.28. The number of nitrogens with zero attached hydrogens (tertiary/aromatic N) is 4. The number of hydrogen-bond acceptors (Lipinski definition) is 3. The summed E-state index contributed by atoms with van der Waals surface area (Å²) < 4.78 is 16.4. The third-order valence-corrected chi connectivity index (χ3v) is 5.96. The second-order valence-corrected chi connectivity index (χ2v) is 7.50. The van der Waals surface area contributed by atoms with Crippen molar-refractivity contribution >= 4 is 5.57 Å². The summed E-state index contributed by atoms with van der Waals surface area (Å²) in [6.07, 6.45) is 12.5. The molecule has 1 aliphatic heterocycles. The van der Waals surface area contributed by atoms with E-state index in [0.717, 1.165) is 30.5 Å². The Morgan fingerprint density at radius 2 is 2.15 bits per heavy atom. The molecular weight excluding hydrogens is 327 g/mol. The Bertz CT molecular complexity index is 907. The van der Waals surface area contributed by atoms with Gasteiger partial charge in [0.15, 0.2) is 17.8 Å². The van der Waals surface area contributed by atoms with Gasteiger partial charge in [-0.05, 0) is 31.4 Å².